The maximum Gasteiger partial charge on any atom is 0.334 e. The normalized spacial score (nSPS) is 48.7. The molecule has 0 spiro atoms. The summed E-state index contributed by atoms with van der Waals surface area (Å²) < 4.78 is 11.4. The van der Waals surface area contributed by atoms with Gasteiger partial charge in [0.15, 0.2) is 0 Å². The molecule has 2 fully saturated rings. The molecule has 2 saturated heterocycles. The maximum atomic E-state index is 11.8. The van der Waals surface area contributed by atoms with Crippen LogP contribution in [0.1, 0.15) is 33.1 Å². The molecular formula is C15H19BrO3. The van der Waals surface area contributed by atoms with Crippen LogP contribution in [0, 0.1) is 5.92 Å². The first-order valence-corrected chi connectivity index (χ1v) is 7.72. The number of carbonyl (C=O) groups is 1. The second-order valence-electron chi connectivity index (χ2n) is 6.04. The second kappa shape index (κ2) is 4.45. The molecule has 0 radical (unpaired) electrons. The average Bonchev–Trinajstić information content (AvgIpc) is 2.95. The number of carbonyl (C=O) groups excluding carboxylic acids is 1. The Morgan fingerprint density at radius 3 is 3.00 bits per heavy atom. The zero-order valence-corrected chi connectivity index (χ0v) is 12.9. The highest BCUT2D eigenvalue weighted by atomic mass is 79.9. The molecule has 3 aliphatic rings. The molecule has 3 rings (SSSR count). The fourth-order valence-corrected chi connectivity index (χ4v) is 3.76. The van der Waals surface area contributed by atoms with Crippen LogP contribution in [-0.4, -0.2) is 28.6 Å². The molecular weight excluding hydrogens is 308 g/mol. The predicted molar refractivity (Wildman–Crippen MR) is 76.1 cm³/mol. The number of allylic oxidation sites excluding steroid dienone is 2. The van der Waals surface area contributed by atoms with Gasteiger partial charge in [-0.05, 0) is 33.1 Å². The molecule has 0 N–H and O–H groups in total. The molecule has 0 bridgehead atoms. The van der Waals surface area contributed by atoms with Gasteiger partial charge in [-0.25, -0.2) is 4.79 Å². The second-order valence-corrected chi connectivity index (χ2v) is 7.15. The lowest BCUT2D eigenvalue weighted by Crippen LogP contribution is -2.30. The summed E-state index contributed by atoms with van der Waals surface area (Å²) in [6.07, 6.45) is 4.97. The van der Waals surface area contributed by atoms with Crippen LogP contribution in [0.4, 0.5) is 0 Å². The van der Waals surface area contributed by atoms with Crippen LogP contribution in [0.2, 0.25) is 0 Å². The SMILES string of the molecule is C=C1C(=O)O[C@H]2[C@H]1C[C@@H](Br)/C(C)=C/CC[C@@]1(C)O[C@@H]21. The fraction of sp³-hybridized carbons (Fsp3) is 0.667. The van der Waals surface area contributed by atoms with E-state index in [1.54, 1.807) is 0 Å². The van der Waals surface area contributed by atoms with E-state index in [4.69, 9.17) is 9.47 Å². The fourth-order valence-electron chi connectivity index (χ4n) is 3.18. The number of alkyl halides is 1. The van der Waals surface area contributed by atoms with E-state index in [1.165, 1.54) is 5.57 Å². The van der Waals surface area contributed by atoms with Crippen LogP contribution in [0.5, 0.6) is 0 Å². The van der Waals surface area contributed by atoms with Gasteiger partial charge in [-0.3, -0.25) is 0 Å². The number of fused-ring (bicyclic) bond motifs is 3. The first-order chi connectivity index (χ1) is 8.92. The van der Waals surface area contributed by atoms with Crippen molar-refractivity contribution in [1.82, 2.24) is 0 Å². The van der Waals surface area contributed by atoms with Gasteiger partial charge in [0.2, 0.25) is 0 Å². The van der Waals surface area contributed by atoms with Crippen LogP contribution in [0.3, 0.4) is 0 Å². The van der Waals surface area contributed by atoms with E-state index >= 15 is 0 Å². The van der Waals surface area contributed by atoms with Crippen molar-refractivity contribution in [3.8, 4) is 0 Å². The van der Waals surface area contributed by atoms with Gasteiger partial charge >= 0.3 is 5.97 Å². The van der Waals surface area contributed by atoms with Gasteiger partial charge in [0, 0.05) is 16.3 Å². The van der Waals surface area contributed by atoms with Gasteiger partial charge < -0.3 is 9.47 Å². The molecule has 0 saturated carbocycles. The topological polar surface area (TPSA) is 38.8 Å². The van der Waals surface area contributed by atoms with Crippen LogP contribution in [0.15, 0.2) is 23.8 Å². The lowest BCUT2D eigenvalue weighted by molar-refractivity contribution is -0.140. The van der Waals surface area contributed by atoms with E-state index in [0.717, 1.165) is 19.3 Å². The van der Waals surface area contributed by atoms with E-state index in [2.05, 4.69) is 42.4 Å². The van der Waals surface area contributed by atoms with Crippen molar-refractivity contribution < 1.29 is 14.3 Å². The van der Waals surface area contributed by atoms with E-state index < -0.39 is 0 Å². The Hall–Kier alpha value is -0.610. The van der Waals surface area contributed by atoms with Crippen LogP contribution in [-0.2, 0) is 14.3 Å². The molecule has 3 nitrogen and oxygen atoms in total. The Balaban J connectivity index is 1.91. The molecule has 19 heavy (non-hydrogen) atoms. The molecule has 4 heteroatoms. The Kier molecular flexibility index (Phi) is 3.13. The highest BCUT2D eigenvalue weighted by molar-refractivity contribution is 9.09. The number of halogens is 1. The summed E-state index contributed by atoms with van der Waals surface area (Å²) in [4.78, 5) is 12.1. The predicted octanol–water partition coefficient (Wildman–Crippen LogP) is 3.14. The van der Waals surface area contributed by atoms with E-state index in [0.29, 0.717) is 5.57 Å². The van der Waals surface area contributed by atoms with Crippen LogP contribution >= 0.6 is 15.9 Å². The Bertz CT molecular complexity index is 470. The number of ether oxygens (including phenoxy) is 2. The summed E-state index contributed by atoms with van der Waals surface area (Å²) in [5.41, 5.74) is 1.78. The van der Waals surface area contributed by atoms with E-state index in [9.17, 15) is 4.79 Å². The first kappa shape index (κ1) is 13.4. The lowest BCUT2D eigenvalue weighted by atomic mass is 9.84. The van der Waals surface area contributed by atoms with Gasteiger partial charge in [0.25, 0.3) is 0 Å². The minimum Gasteiger partial charge on any atom is -0.455 e. The van der Waals surface area contributed by atoms with Crippen molar-refractivity contribution in [2.24, 2.45) is 5.92 Å². The number of epoxide rings is 1. The van der Waals surface area contributed by atoms with Crippen LogP contribution < -0.4 is 0 Å². The molecule has 0 unspecified atom stereocenters. The summed E-state index contributed by atoms with van der Waals surface area (Å²) in [7, 11) is 0. The van der Waals surface area contributed by atoms with Gasteiger partial charge in [0.1, 0.15) is 12.2 Å². The smallest absolute Gasteiger partial charge is 0.334 e. The molecule has 104 valence electrons. The van der Waals surface area contributed by atoms with Gasteiger partial charge in [-0.2, -0.15) is 0 Å². The number of hydrogen-bond donors (Lipinski definition) is 0. The molecule has 2 aliphatic heterocycles. The third-order valence-corrected chi connectivity index (χ3v) is 5.75. The van der Waals surface area contributed by atoms with Crippen molar-refractivity contribution >= 4 is 21.9 Å². The van der Waals surface area contributed by atoms with Crippen molar-refractivity contribution in [2.75, 3.05) is 0 Å². The highest BCUT2D eigenvalue weighted by Crippen LogP contribution is 2.50. The minimum atomic E-state index is -0.256. The minimum absolute atomic E-state index is 0.0345. The lowest BCUT2D eigenvalue weighted by Gasteiger charge is -2.22. The molecule has 0 amide bonds. The molecule has 0 aromatic rings. The largest absolute Gasteiger partial charge is 0.455 e. The quantitative estimate of drug-likeness (QED) is 0.226. The summed E-state index contributed by atoms with van der Waals surface area (Å²) in [5, 5.41) is 0. The monoisotopic (exact) mass is 326 g/mol. The third-order valence-electron chi connectivity index (χ3n) is 4.65. The zero-order valence-electron chi connectivity index (χ0n) is 11.3. The van der Waals surface area contributed by atoms with Gasteiger partial charge in [-0.1, -0.05) is 34.2 Å². The number of esters is 1. The Labute approximate surface area is 122 Å². The standard InChI is InChI=1S/C15H19BrO3/c1-8-5-4-6-15(3)13(19-15)12-10(7-11(8)16)9(2)14(17)18-12/h5,10-13H,2,4,6-7H2,1,3H3/b8-5+/t10-,11+,12-,13-,15+/m0/s1. The Morgan fingerprint density at radius 1 is 1.53 bits per heavy atom. The number of hydrogen-bond acceptors (Lipinski definition) is 3. The third kappa shape index (κ3) is 2.19. The molecule has 5 atom stereocenters. The maximum absolute atomic E-state index is 11.8. The van der Waals surface area contributed by atoms with Crippen LogP contribution in [0.25, 0.3) is 0 Å². The summed E-state index contributed by atoms with van der Waals surface area (Å²) in [6, 6.07) is 0. The summed E-state index contributed by atoms with van der Waals surface area (Å²) >= 11 is 3.71. The van der Waals surface area contributed by atoms with Crippen molar-refractivity contribution in [2.45, 2.75) is 55.7 Å². The average molecular weight is 327 g/mol. The van der Waals surface area contributed by atoms with Gasteiger partial charge in [0.05, 0.1) is 5.60 Å². The van der Waals surface area contributed by atoms with Gasteiger partial charge in [-0.15, -0.1) is 0 Å². The van der Waals surface area contributed by atoms with Crippen molar-refractivity contribution in [1.29, 1.82) is 0 Å². The first-order valence-electron chi connectivity index (χ1n) is 6.81. The van der Waals surface area contributed by atoms with E-state index in [-0.39, 0.29) is 34.5 Å². The highest BCUT2D eigenvalue weighted by Gasteiger charge is 2.61. The number of rotatable bonds is 0. The molecule has 1 aliphatic carbocycles. The summed E-state index contributed by atoms with van der Waals surface area (Å²) in [5.74, 6) is -0.196. The van der Waals surface area contributed by atoms with Crippen molar-refractivity contribution in [3.05, 3.63) is 23.8 Å². The van der Waals surface area contributed by atoms with Crippen molar-refractivity contribution in [3.63, 3.8) is 0 Å². The zero-order chi connectivity index (χ0) is 13.8. The summed E-state index contributed by atoms with van der Waals surface area (Å²) in [6.45, 7) is 8.15. The molecule has 2 heterocycles. The molecule has 0 aromatic carbocycles. The molecule has 0 aromatic heterocycles. The Morgan fingerprint density at radius 2 is 2.26 bits per heavy atom. The van der Waals surface area contributed by atoms with E-state index in [1.807, 2.05) is 0 Å².